The van der Waals surface area contributed by atoms with Crippen LogP contribution in [0.25, 0.3) is 0 Å². The van der Waals surface area contributed by atoms with E-state index in [0.717, 1.165) is 43.7 Å². The van der Waals surface area contributed by atoms with Gasteiger partial charge >= 0.3 is 0 Å². The molecule has 5 heteroatoms. The summed E-state index contributed by atoms with van der Waals surface area (Å²) in [5, 5.41) is 6.80. The zero-order valence-corrected chi connectivity index (χ0v) is 16.6. The van der Waals surface area contributed by atoms with E-state index in [2.05, 4.69) is 51.7 Å². The Kier molecular flexibility index (Phi) is 7.34. The minimum Gasteiger partial charge on any atom is -0.469 e. The SMILES string of the molecule is CN=C(NCCc1ccco1)NCc1ccccc1CN1CCCC(C)C1. The lowest BCUT2D eigenvalue weighted by Gasteiger charge is -2.31. The van der Waals surface area contributed by atoms with Gasteiger partial charge in [-0.15, -0.1) is 0 Å². The highest BCUT2D eigenvalue weighted by atomic mass is 16.3. The van der Waals surface area contributed by atoms with Crippen LogP contribution in [0.2, 0.25) is 0 Å². The Morgan fingerprint density at radius 3 is 2.78 bits per heavy atom. The number of furan rings is 1. The average Bonchev–Trinajstić information content (AvgIpc) is 3.19. The highest BCUT2D eigenvalue weighted by Gasteiger charge is 2.17. The quantitative estimate of drug-likeness (QED) is 0.581. The van der Waals surface area contributed by atoms with E-state index in [-0.39, 0.29) is 0 Å². The minimum absolute atomic E-state index is 0.778. The normalized spacial score (nSPS) is 18.4. The lowest BCUT2D eigenvalue weighted by Crippen LogP contribution is -2.38. The number of nitrogens with zero attached hydrogens (tertiary/aromatic N) is 2. The van der Waals surface area contributed by atoms with E-state index in [4.69, 9.17) is 4.42 Å². The zero-order valence-electron chi connectivity index (χ0n) is 16.6. The van der Waals surface area contributed by atoms with E-state index >= 15 is 0 Å². The van der Waals surface area contributed by atoms with E-state index in [1.807, 2.05) is 19.2 Å². The van der Waals surface area contributed by atoms with Gasteiger partial charge in [-0.3, -0.25) is 9.89 Å². The fraction of sp³-hybridized carbons (Fsp3) is 0.500. The molecule has 2 aromatic rings. The number of benzene rings is 1. The van der Waals surface area contributed by atoms with Crippen molar-refractivity contribution in [3.05, 3.63) is 59.5 Å². The van der Waals surface area contributed by atoms with Crippen LogP contribution in [0.1, 0.15) is 36.7 Å². The summed E-state index contributed by atoms with van der Waals surface area (Å²) in [6, 6.07) is 12.6. The number of hydrogen-bond acceptors (Lipinski definition) is 3. The monoisotopic (exact) mass is 368 g/mol. The van der Waals surface area contributed by atoms with Crippen LogP contribution in [-0.4, -0.2) is 37.5 Å². The fourth-order valence-corrected chi connectivity index (χ4v) is 3.71. The van der Waals surface area contributed by atoms with E-state index in [9.17, 15) is 0 Å². The first-order valence-electron chi connectivity index (χ1n) is 10.0. The molecule has 2 N–H and O–H groups in total. The second kappa shape index (κ2) is 10.2. The van der Waals surface area contributed by atoms with Crippen LogP contribution in [-0.2, 0) is 19.5 Å². The van der Waals surface area contributed by atoms with Crippen LogP contribution < -0.4 is 10.6 Å². The molecule has 0 bridgehead atoms. The first-order valence-corrected chi connectivity index (χ1v) is 10.0. The number of likely N-dealkylation sites (tertiary alicyclic amines) is 1. The molecule has 1 fully saturated rings. The molecule has 0 saturated carbocycles. The number of piperidine rings is 1. The first-order chi connectivity index (χ1) is 13.2. The molecule has 5 nitrogen and oxygen atoms in total. The molecule has 1 saturated heterocycles. The lowest BCUT2D eigenvalue weighted by molar-refractivity contribution is 0.176. The molecule has 2 heterocycles. The Balaban J connectivity index is 1.50. The molecule has 146 valence electrons. The third-order valence-electron chi connectivity index (χ3n) is 5.17. The molecule has 0 aliphatic carbocycles. The molecule has 1 aromatic carbocycles. The van der Waals surface area contributed by atoms with Gasteiger partial charge in [-0.1, -0.05) is 31.2 Å². The van der Waals surface area contributed by atoms with Crippen molar-refractivity contribution >= 4 is 5.96 Å². The van der Waals surface area contributed by atoms with Gasteiger partial charge in [-0.25, -0.2) is 0 Å². The molecule has 27 heavy (non-hydrogen) atoms. The first kappa shape index (κ1) is 19.5. The number of guanidine groups is 1. The minimum atomic E-state index is 0.778. The molecule has 0 radical (unpaired) electrons. The Morgan fingerprint density at radius 1 is 1.19 bits per heavy atom. The highest BCUT2D eigenvalue weighted by molar-refractivity contribution is 5.79. The Morgan fingerprint density at radius 2 is 2.04 bits per heavy atom. The smallest absolute Gasteiger partial charge is 0.191 e. The lowest BCUT2D eigenvalue weighted by atomic mass is 9.99. The van der Waals surface area contributed by atoms with Crippen LogP contribution in [0.3, 0.4) is 0 Å². The molecule has 1 aromatic heterocycles. The van der Waals surface area contributed by atoms with E-state index in [1.165, 1.54) is 37.1 Å². The van der Waals surface area contributed by atoms with Gasteiger partial charge in [0.15, 0.2) is 5.96 Å². The molecule has 0 spiro atoms. The van der Waals surface area contributed by atoms with Gasteiger partial charge < -0.3 is 15.1 Å². The molecular formula is C22H32N4O. The van der Waals surface area contributed by atoms with Crippen molar-refractivity contribution in [1.29, 1.82) is 0 Å². The van der Waals surface area contributed by atoms with Gasteiger partial charge in [0.2, 0.25) is 0 Å². The van der Waals surface area contributed by atoms with Gasteiger partial charge in [0.1, 0.15) is 5.76 Å². The van der Waals surface area contributed by atoms with Crippen LogP contribution >= 0.6 is 0 Å². The molecule has 1 aliphatic heterocycles. The fourth-order valence-electron chi connectivity index (χ4n) is 3.71. The Hall–Kier alpha value is -2.27. The predicted molar refractivity (Wildman–Crippen MR) is 111 cm³/mol. The van der Waals surface area contributed by atoms with Crippen LogP contribution in [0, 0.1) is 5.92 Å². The van der Waals surface area contributed by atoms with Gasteiger partial charge in [0, 0.05) is 39.6 Å². The number of aliphatic imine (C=N–C) groups is 1. The molecule has 1 unspecified atom stereocenters. The standard InChI is InChI=1S/C22H32N4O/c1-18-7-5-13-26(16-18)17-20-9-4-3-8-19(20)15-25-22(23-2)24-12-11-21-10-6-14-27-21/h3-4,6,8-10,14,18H,5,7,11-13,15-17H2,1-2H3,(H2,23,24,25). The summed E-state index contributed by atoms with van der Waals surface area (Å²) in [5.74, 6) is 2.61. The van der Waals surface area contributed by atoms with Crippen molar-refractivity contribution in [3.63, 3.8) is 0 Å². The van der Waals surface area contributed by atoms with Gasteiger partial charge in [0.05, 0.1) is 6.26 Å². The molecular weight excluding hydrogens is 336 g/mol. The maximum Gasteiger partial charge on any atom is 0.191 e. The van der Waals surface area contributed by atoms with Crippen molar-refractivity contribution in [3.8, 4) is 0 Å². The summed E-state index contributed by atoms with van der Waals surface area (Å²) in [7, 11) is 1.81. The van der Waals surface area contributed by atoms with Crippen molar-refractivity contribution in [2.75, 3.05) is 26.7 Å². The summed E-state index contributed by atoms with van der Waals surface area (Å²) in [5.41, 5.74) is 2.75. The molecule has 0 amide bonds. The Bertz CT molecular complexity index is 711. The van der Waals surface area contributed by atoms with Crippen molar-refractivity contribution in [2.45, 2.75) is 39.3 Å². The average molecular weight is 369 g/mol. The maximum absolute atomic E-state index is 5.37. The summed E-state index contributed by atoms with van der Waals surface area (Å²) in [4.78, 5) is 6.92. The number of rotatable bonds is 7. The van der Waals surface area contributed by atoms with Gasteiger partial charge in [-0.05, 0) is 48.6 Å². The van der Waals surface area contributed by atoms with Crippen molar-refractivity contribution in [2.24, 2.45) is 10.9 Å². The maximum atomic E-state index is 5.37. The second-order valence-corrected chi connectivity index (χ2v) is 7.43. The molecule has 3 rings (SSSR count). The molecule has 1 aliphatic rings. The zero-order chi connectivity index (χ0) is 18.9. The van der Waals surface area contributed by atoms with Crippen molar-refractivity contribution < 1.29 is 4.42 Å². The largest absolute Gasteiger partial charge is 0.469 e. The van der Waals surface area contributed by atoms with E-state index in [0.29, 0.717) is 0 Å². The number of nitrogens with one attached hydrogen (secondary N) is 2. The number of hydrogen-bond donors (Lipinski definition) is 2. The second-order valence-electron chi connectivity index (χ2n) is 7.43. The topological polar surface area (TPSA) is 52.8 Å². The molecule has 1 atom stereocenters. The highest BCUT2D eigenvalue weighted by Crippen LogP contribution is 2.19. The summed E-state index contributed by atoms with van der Waals surface area (Å²) >= 11 is 0. The third-order valence-corrected chi connectivity index (χ3v) is 5.17. The van der Waals surface area contributed by atoms with E-state index in [1.54, 1.807) is 6.26 Å². The summed E-state index contributed by atoms with van der Waals surface area (Å²) in [6.45, 7) is 7.38. The van der Waals surface area contributed by atoms with Gasteiger partial charge in [-0.2, -0.15) is 0 Å². The van der Waals surface area contributed by atoms with Gasteiger partial charge in [0.25, 0.3) is 0 Å². The van der Waals surface area contributed by atoms with Crippen LogP contribution in [0.5, 0.6) is 0 Å². The van der Waals surface area contributed by atoms with Crippen LogP contribution in [0.4, 0.5) is 0 Å². The third kappa shape index (κ3) is 6.14. The van der Waals surface area contributed by atoms with Crippen molar-refractivity contribution in [1.82, 2.24) is 15.5 Å². The van der Waals surface area contributed by atoms with E-state index < -0.39 is 0 Å². The Labute approximate surface area is 162 Å². The summed E-state index contributed by atoms with van der Waals surface area (Å²) in [6.07, 6.45) is 5.23. The van der Waals surface area contributed by atoms with Crippen LogP contribution in [0.15, 0.2) is 52.1 Å². The predicted octanol–water partition coefficient (Wildman–Crippen LogP) is 3.42. The summed E-state index contributed by atoms with van der Waals surface area (Å²) < 4.78 is 5.37.